The Morgan fingerprint density at radius 2 is 1.48 bits per heavy atom. The Morgan fingerprint density at radius 1 is 0.793 bits per heavy atom. The maximum atomic E-state index is 11.8. The van der Waals surface area contributed by atoms with Crippen LogP contribution in [0.2, 0.25) is 10.0 Å². The van der Waals surface area contributed by atoms with E-state index >= 15 is 0 Å². The Labute approximate surface area is 179 Å². The maximum absolute atomic E-state index is 11.8. The Kier molecular flexibility index (Phi) is 5.21. The lowest BCUT2D eigenvalue weighted by Crippen LogP contribution is -2.01. The van der Waals surface area contributed by atoms with Crippen LogP contribution in [0.25, 0.3) is 28.2 Å². The largest absolute Gasteiger partial charge is 0.232 e. The fourth-order valence-electron chi connectivity index (χ4n) is 3.03. The first-order valence-electron chi connectivity index (χ1n) is 8.74. The first-order valence-corrected chi connectivity index (χ1v) is 11.4. The van der Waals surface area contributed by atoms with E-state index in [1.54, 1.807) is 28.9 Å². The van der Waals surface area contributed by atoms with Gasteiger partial charge in [0.05, 0.1) is 22.0 Å². The Morgan fingerprint density at radius 3 is 2.10 bits per heavy atom. The summed E-state index contributed by atoms with van der Waals surface area (Å²) in [4.78, 5) is 0.261. The number of hydrogen-bond acceptors (Lipinski definition) is 3. The quantitative estimate of drug-likeness (QED) is 0.394. The molecule has 4 rings (SSSR count). The summed E-state index contributed by atoms with van der Waals surface area (Å²) >= 11 is 12.2. The summed E-state index contributed by atoms with van der Waals surface area (Å²) in [5.74, 6) is 0. The van der Waals surface area contributed by atoms with E-state index in [2.05, 4.69) is 0 Å². The second-order valence-corrected chi connectivity index (χ2v) is 9.50. The zero-order chi connectivity index (χ0) is 20.6. The molecular weight excluding hydrogens is 427 g/mol. The van der Waals surface area contributed by atoms with Crippen molar-refractivity contribution in [2.24, 2.45) is 0 Å². The highest BCUT2D eigenvalue weighted by Gasteiger charge is 2.15. The highest BCUT2D eigenvalue weighted by Crippen LogP contribution is 2.30. The van der Waals surface area contributed by atoms with E-state index in [4.69, 9.17) is 28.3 Å². The van der Waals surface area contributed by atoms with E-state index in [-0.39, 0.29) is 4.90 Å². The van der Waals surface area contributed by atoms with Gasteiger partial charge in [-0.1, -0.05) is 47.5 Å². The SMILES string of the molecule is CS(=O)(=O)c1ccc(-n2nc(-c3cccc(Cl)c3)cc2-c2ccc(Cl)cc2)cc1. The van der Waals surface area contributed by atoms with Gasteiger partial charge in [-0.3, -0.25) is 0 Å². The molecule has 0 aliphatic carbocycles. The summed E-state index contributed by atoms with van der Waals surface area (Å²) in [7, 11) is -3.27. The molecule has 1 heterocycles. The van der Waals surface area contributed by atoms with Crippen molar-refractivity contribution in [3.63, 3.8) is 0 Å². The lowest BCUT2D eigenvalue weighted by molar-refractivity contribution is 0.602. The van der Waals surface area contributed by atoms with Crippen LogP contribution in [0.4, 0.5) is 0 Å². The van der Waals surface area contributed by atoms with E-state index in [1.165, 1.54) is 6.26 Å². The van der Waals surface area contributed by atoms with Crippen molar-refractivity contribution < 1.29 is 8.42 Å². The van der Waals surface area contributed by atoms with Crippen LogP contribution in [0.5, 0.6) is 0 Å². The number of benzene rings is 3. The highest BCUT2D eigenvalue weighted by atomic mass is 35.5. The molecule has 0 unspecified atom stereocenters. The smallest absolute Gasteiger partial charge is 0.175 e. The van der Waals surface area contributed by atoms with Gasteiger partial charge in [0, 0.05) is 27.4 Å². The van der Waals surface area contributed by atoms with Crippen LogP contribution in [-0.2, 0) is 9.84 Å². The Bertz CT molecular complexity index is 1280. The molecule has 0 fully saturated rings. The van der Waals surface area contributed by atoms with Gasteiger partial charge < -0.3 is 0 Å². The molecule has 4 aromatic rings. The average Bonchev–Trinajstić information content (AvgIpc) is 3.13. The van der Waals surface area contributed by atoms with Crippen LogP contribution in [0.1, 0.15) is 0 Å². The molecule has 29 heavy (non-hydrogen) atoms. The summed E-state index contributed by atoms with van der Waals surface area (Å²) in [5.41, 5.74) is 4.17. The molecule has 3 aromatic carbocycles. The molecule has 0 spiro atoms. The number of rotatable bonds is 4. The monoisotopic (exact) mass is 442 g/mol. The molecule has 0 saturated heterocycles. The van der Waals surface area contributed by atoms with Crippen LogP contribution >= 0.6 is 23.2 Å². The van der Waals surface area contributed by atoms with Crippen molar-refractivity contribution >= 4 is 33.0 Å². The van der Waals surface area contributed by atoms with Crippen molar-refractivity contribution in [2.75, 3.05) is 6.26 Å². The zero-order valence-corrected chi connectivity index (χ0v) is 17.7. The zero-order valence-electron chi connectivity index (χ0n) is 15.4. The second kappa shape index (κ2) is 7.67. The summed E-state index contributed by atoms with van der Waals surface area (Å²) in [5, 5.41) is 6.03. The molecule has 0 bridgehead atoms. The first kappa shape index (κ1) is 19.7. The van der Waals surface area contributed by atoms with Crippen molar-refractivity contribution in [1.82, 2.24) is 9.78 Å². The van der Waals surface area contributed by atoms with Crippen molar-refractivity contribution in [3.8, 4) is 28.2 Å². The fraction of sp³-hybridized carbons (Fsp3) is 0.0455. The van der Waals surface area contributed by atoms with Gasteiger partial charge in [0.2, 0.25) is 0 Å². The first-order chi connectivity index (χ1) is 13.8. The molecule has 0 aliphatic rings. The van der Waals surface area contributed by atoms with E-state index in [1.807, 2.05) is 54.6 Å². The highest BCUT2D eigenvalue weighted by molar-refractivity contribution is 7.90. The van der Waals surface area contributed by atoms with Crippen molar-refractivity contribution in [1.29, 1.82) is 0 Å². The molecule has 146 valence electrons. The van der Waals surface area contributed by atoms with Crippen LogP contribution in [0.3, 0.4) is 0 Å². The minimum Gasteiger partial charge on any atom is -0.232 e. The van der Waals surface area contributed by atoms with Crippen molar-refractivity contribution in [2.45, 2.75) is 4.90 Å². The molecular formula is C22H16Cl2N2O2S. The number of sulfone groups is 1. The minimum absolute atomic E-state index is 0.261. The molecule has 0 atom stereocenters. The molecule has 7 heteroatoms. The third-order valence-electron chi connectivity index (χ3n) is 4.48. The summed E-state index contributed by atoms with van der Waals surface area (Å²) < 4.78 is 25.3. The van der Waals surface area contributed by atoms with E-state index in [9.17, 15) is 8.42 Å². The van der Waals surface area contributed by atoms with Crippen LogP contribution < -0.4 is 0 Å². The normalized spacial score (nSPS) is 11.6. The van der Waals surface area contributed by atoms with Gasteiger partial charge in [0.15, 0.2) is 9.84 Å². The lowest BCUT2D eigenvalue weighted by atomic mass is 10.1. The van der Waals surface area contributed by atoms with Gasteiger partial charge in [-0.05, 0) is 54.6 Å². The molecule has 0 N–H and O–H groups in total. The van der Waals surface area contributed by atoms with Gasteiger partial charge in [0.1, 0.15) is 0 Å². The van der Waals surface area contributed by atoms with Gasteiger partial charge in [0.25, 0.3) is 0 Å². The van der Waals surface area contributed by atoms with Crippen LogP contribution in [-0.4, -0.2) is 24.5 Å². The third kappa shape index (κ3) is 4.22. The predicted molar refractivity (Wildman–Crippen MR) is 118 cm³/mol. The maximum Gasteiger partial charge on any atom is 0.175 e. The van der Waals surface area contributed by atoms with Crippen LogP contribution in [0.15, 0.2) is 83.8 Å². The van der Waals surface area contributed by atoms with Gasteiger partial charge >= 0.3 is 0 Å². The second-order valence-electron chi connectivity index (χ2n) is 6.61. The minimum atomic E-state index is -3.27. The van der Waals surface area contributed by atoms with E-state index in [0.717, 1.165) is 28.2 Å². The van der Waals surface area contributed by atoms with Gasteiger partial charge in [-0.25, -0.2) is 13.1 Å². The predicted octanol–water partition coefficient (Wildman–Crippen LogP) is 5.92. The molecule has 0 saturated carbocycles. The molecule has 0 aliphatic heterocycles. The molecule has 0 amide bonds. The third-order valence-corrected chi connectivity index (χ3v) is 6.09. The summed E-state index contributed by atoms with van der Waals surface area (Å²) in [6.45, 7) is 0. The lowest BCUT2D eigenvalue weighted by Gasteiger charge is -2.08. The number of hydrogen-bond donors (Lipinski definition) is 0. The van der Waals surface area contributed by atoms with E-state index in [0.29, 0.717) is 10.0 Å². The van der Waals surface area contributed by atoms with Gasteiger partial charge in [-0.2, -0.15) is 5.10 Å². The Hall–Kier alpha value is -2.60. The number of aromatic nitrogens is 2. The van der Waals surface area contributed by atoms with Crippen LogP contribution in [0, 0.1) is 0 Å². The standard InChI is InChI=1S/C22H16Cl2N2O2S/c1-29(27,28)20-11-9-19(10-12-20)26-22(15-5-7-17(23)8-6-15)14-21(25-26)16-3-2-4-18(24)13-16/h2-14H,1H3. The average molecular weight is 443 g/mol. The van der Waals surface area contributed by atoms with Gasteiger partial charge in [-0.15, -0.1) is 0 Å². The summed E-state index contributed by atoms with van der Waals surface area (Å²) in [6.07, 6.45) is 1.19. The van der Waals surface area contributed by atoms with E-state index < -0.39 is 9.84 Å². The molecule has 4 nitrogen and oxygen atoms in total. The Balaban J connectivity index is 1.88. The fourth-order valence-corrected chi connectivity index (χ4v) is 3.97. The number of nitrogens with zero attached hydrogens (tertiary/aromatic N) is 2. The summed E-state index contributed by atoms with van der Waals surface area (Å²) in [6, 6.07) is 23.6. The number of halogens is 2. The molecule has 0 radical (unpaired) electrons. The molecule has 1 aromatic heterocycles. The van der Waals surface area contributed by atoms with Crippen molar-refractivity contribution in [3.05, 3.63) is 88.9 Å². The topological polar surface area (TPSA) is 52.0 Å².